The summed E-state index contributed by atoms with van der Waals surface area (Å²) >= 11 is 0. The van der Waals surface area contributed by atoms with E-state index in [4.69, 9.17) is 33.2 Å². The van der Waals surface area contributed by atoms with Gasteiger partial charge in [-0.05, 0) is 66.5 Å². The fourth-order valence-corrected chi connectivity index (χ4v) is 2.22. The predicted octanol–water partition coefficient (Wildman–Crippen LogP) is 4.50. The van der Waals surface area contributed by atoms with Gasteiger partial charge in [0.15, 0.2) is 0 Å². The molecule has 0 rings (SSSR count). The van der Waals surface area contributed by atoms with Crippen LogP contribution in [0.2, 0.25) is 0 Å². The average Bonchev–Trinajstić information content (AvgIpc) is 2.77. The van der Waals surface area contributed by atoms with Crippen molar-refractivity contribution < 1.29 is 33.2 Å². The highest BCUT2D eigenvalue weighted by Crippen LogP contribution is 2.05. The standard InChI is InChI=1S/C24H46O7/c1-19(28-17-23(5)30-15-21(3)25-7)11-9-13-27-14-10-12-20(2)29-18-24(6)31-16-22(4)26-8/h9-10,13-14,19-24H,11-12,15-18H2,1-8H3. The van der Waals surface area contributed by atoms with E-state index >= 15 is 0 Å². The third-order valence-electron chi connectivity index (χ3n) is 4.55. The van der Waals surface area contributed by atoms with Gasteiger partial charge >= 0.3 is 0 Å². The van der Waals surface area contributed by atoms with Gasteiger partial charge in [0.2, 0.25) is 0 Å². The number of hydrogen-bond donors (Lipinski definition) is 0. The molecular formula is C24H46O7. The lowest BCUT2D eigenvalue weighted by Crippen LogP contribution is -2.24. The Labute approximate surface area is 190 Å². The zero-order chi connectivity index (χ0) is 23.5. The molecule has 7 heteroatoms. The van der Waals surface area contributed by atoms with Crippen LogP contribution in [0.25, 0.3) is 0 Å². The van der Waals surface area contributed by atoms with E-state index in [-0.39, 0.29) is 36.6 Å². The van der Waals surface area contributed by atoms with Crippen LogP contribution in [-0.4, -0.2) is 77.3 Å². The minimum Gasteiger partial charge on any atom is -0.473 e. The van der Waals surface area contributed by atoms with Gasteiger partial charge in [-0.15, -0.1) is 0 Å². The van der Waals surface area contributed by atoms with Gasteiger partial charge in [-0.2, -0.15) is 0 Å². The van der Waals surface area contributed by atoms with E-state index in [9.17, 15) is 0 Å². The molecule has 0 saturated heterocycles. The Morgan fingerprint density at radius 1 is 0.484 bits per heavy atom. The molecule has 0 N–H and O–H groups in total. The molecule has 0 fully saturated rings. The van der Waals surface area contributed by atoms with Crippen molar-refractivity contribution in [1.82, 2.24) is 0 Å². The van der Waals surface area contributed by atoms with E-state index in [0.717, 1.165) is 12.8 Å². The van der Waals surface area contributed by atoms with Gasteiger partial charge < -0.3 is 33.2 Å². The largest absolute Gasteiger partial charge is 0.473 e. The summed E-state index contributed by atoms with van der Waals surface area (Å²) in [7, 11) is 3.36. The third kappa shape index (κ3) is 19.5. The van der Waals surface area contributed by atoms with Crippen LogP contribution in [0.15, 0.2) is 24.7 Å². The molecule has 7 nitrogen and oxygen atoms in total. The second-order valence-electron chi connectivity index (χ2n) is 8.02. The molecule has 0 aliphatic heterocycles. The average molecular weight is 447 g/mol. The summed E-state index contributed by atoms with van der Waals surface area (Å²) in [6.07, 6.45) is 9.25. The lowest BCUT2D eigenvalue weighted by molar-refractivity contribution is -0.0594. The first-order valence-electron chi connectivity index (χ1n) is 11.3. The second kappa shape index (κ2) is 19.7. The molecule has 0 heterocycles. The lowest BCUT2D eigenvalue weighted by Gasteiger charge is -2.18. The Morgan fingerprint density at radius 2 is 0.806 bits per heavy atom. The highest BCUT2D eigenvalue weighted by atomic mass is 16.6. The van der Waals surface area contributed by atoms with E-state index in [2.05, 4.69) is 0 Å². The molecule has 0 spiro atoms. The Hall–Kier alpha value is -0.960. The van der Waals surface area contributed by atoms with Gasteiger partial charge in [0.1, 0.15) is 0 Å². The molecule has 0 radical (unpaired) electrons. The Bertz CT molecular complexity index is 415. The van der Waals surface area contributed by atoms with E-state index in [0.29, 0.717) is 26.4 Å². The smallest absolute Gasteiger partial charge is 0.0862 e. The van der Waals surface area contributed by atoms with Gasteiger partial charge in [0, 0.05) is 14.2 Å². The maximum atomic E-state index is 5.79. The monoisotopic (exact) mass is 446 g/mol. The SMILES string of the molecule is COC(C)COC(C)COC(C)CC=COC=CCC(C)OCC(C)OCC(C)OC. The van der Waals surface area contributed by atoms with Gasteiger partial charge in [0.05, 0.1) is 75.6 Å². The topological polar surface area (TPSA) is 64.6 Å². The van der Waals surface area contributed by atoms with Crippen molar-refractivity contribution in [3.8, 4) is 0 Å². The third-order valence-corrected chi connectivity index (χ3v) is 4.55. The Morgan fingerprint density at radius 3 is 1.16 bits per heavy atom. The van der Waals surface area contributed by atoms with Gasteiger partial charge in [0.25, 0.3) is 0 Å². The molecule has 0 amide bonds. The highest BCUT2D eigenvalue weighted by molar-refractivity contribution is 4.82. The molecule has 184 valence electrons. The lowest BCUT2D eigenvalue weighted by atomic mass is 10.3. The minimum absolute atomic E-state index is 0.0379. The number of hydrogen-bond acceptors (Lipinski definition) is 7. The van der Waals surface area contributed by atoms with Crippen molar-refractivity contribution in [2.75, 3.05) is 40.6 Å². The zero-order valence-corrected chi connectivity index (χ0v) is 20.9. The van der Waals surface area contributed by atoms with Crippen LogP contribution in [0, 0.1) is 0 Å². The van der Waals surface area contributed by atoms with Crippen LogP contribution >= 0.6 is 0 Å². The molecular weight excluding hydrogens is 400 g/mol. The van der Waals surface area contributed by atoms with Crippen LogP contribution in [0.4, 0.5) is 0 Å². The van der Waals surface area contributed by atoms with Crippen molar-refractivity contribution in [2.45, 2.75) is 91.0 Å². The van der Waals surface area contributed by atoms with Gasteiger partial charge in [-0.1, -0.05) is 0 Å². The quantitative estimate of drug-likeness (QED) is 0.255. The molecule has 0 aromatic carbocycles. The van der Waals surface area contributed by atoms with Crippen LogP contribution in [0.3, 0.4) is 0 Å². The molecule has 0 aromatic heterocycles. The summed E-state index contributed by atoms with van der Waals surface area (Å²) in [4.78, 5) is 0. The summed E-state index contributed by atoms with van der Waals surface area (Å²) in [6, 6.07) is 0. The van der Waals surface area contributed by atoms with Crippen molar-refractivity contribution in [1.29, 1.82) is 0 Å². The summed E-state index contributed by atoms with van der Waals surface area (Å²) in [6.45, 7) is 14.3. The normalized spacial score (nSPS) is 18.2. The Kier molecular flexibility index (Phi) is 19.1. The molecule has 6 atom stereocenters. The summed E-state index contributed by atoms with van der Waals surface area (Å²) in [5.74, 6) is 0. The van der Waals surface area contributed by atoms with E-state index in [1.54, 1.807) is 26.7 Å². The van der Waals surface area contributed by atoms with E-state index < -0.39 is 0 Å². The highest BCUT2D eigenvalue weighted by Gasteiger charge is 2.09. The van der Waals surface area contributed by atoms with Crippen molar-refractivity contribution >= 4 is 0 Å². The molecule has 0 aliphatic rings. The number of ether oxygens (including phenoxy) is 7. The molecule has 0 bridgehead atoms. The predicted molar refractivity (Wildman–Crippen MR) is 123 cm³/mol. The van der Waals surface area contributed by atoms with Crippen LogP contribution in [-0.2, 0) is 33.2 Å². The van der Waals surface area contributed by atoms with E-state index in [1.807, 2.05) is 53.7 Å². The summed E-state index contributed by atoms with van der Waals surface area (Å²) in [5, 5.41) is 0. The molecule has 0 aromatic rings. The van der Waals surface area contributed by atoms with Gasteiger partial charge in [-0.3, -0.25) is 0 Å². The Balaban J connectivity index is 3.76. The molecule has 0 saturated carbocycles. The van der Waals surface area contributed by atoms with Crippen molar-refractivity contribution in [3.63, 3.8) is 0 Å². The number of methoxy groups -OCH3 is 2. The zero-order valence-electron chi connectivity index (χ0n) is 20.9. The molecule has 31 heavy (non-hydrogen) atoms. The first kappa shape index (κ1) is 30.0. The maximum Gasteiger partial charge on any atom is 0.0862 e. The maximum absolute atomic E-state index is 5.79. The first-order valence-corrected chi connectivity index (χ1v) is 11.3. The summed E-state index contributed by atoms with van der Waals surface area (Å²) in [5.41, 5.74) is 0. The fraction of sp³-hybridized carbons (Fsp3) is 0.833. The summed E-state index contributed by atoms with van der Waals surface area (Å²) < 4.78 is 38.6. The first-order chi connectivity index (χ1) is 14.8. The minimum atomic E-state index is 0.0379. The molecule has 6 unspecified atom stereocenters. The van der Waals surface area contributed by atoms with E-state index in [1.165, 1.54) is 0 Å². The second-order valence-corrected chi connectivity index (χ2v) is 8.02. The molecule has 0 aliphatic carbocycles. The van der Waals surface area contributed by atoms with Crippen molar-refractivity contribution in [2.24, 2.45) is 0 Å². The van der Waals surface area contributed by atoms with Crippen LogP contribution in [0.1, 0.15) is 54.4 Å². The number of rotatable bonds is 20. The fourth-order valence-electron chi connectivity index (χ4n) is 2.22. The van der Waals surface area contributed by atoms with Crippen molar-refractivity contribution in [3.05, 3.63) is 24.7 Å². The van der Waals surface area contributed by atoms with Crippen LogP contribution in [0.5, 0.6) is 0 Å². The van der Waals surface area contributed by atoms with Gasteiger partial charge in [-0.25, -0.2) is 0 Å². The van der Waals surface area contributed by atoms with Crippen LogP contribution < -0.4 is 0 Å².